The summed E-state index contributed by atoms with van der Waals surface area (Å²) in [4.78, 5) is 12.7. The number of rotatable bonds is 3. The minimum atomic E-state index is -3.81. The third-order valence-corrected chi connectivity index (χ3v) is 6.42. The lowest BCUT2D eigenvalue weighted by Crippen LogP contribution is -2.14. The van der Waals surface area contributed by atoms with Gasteiger partial charge in [0.15, 0.2) is 5.78 Å². The van der Waals surface area contributed by atoms with E-state index in [1.807, 2.05) is 18.2 Å². The van der Waals surface area contributed by atoms with E-state index in [0.29, 0.717) is 27.4 Å². The monoisotopic (exact) mass is 383 g/mol. The number of carbonyl (C=O) groups excluding carboxylic acids is 1. The predicted molar refractivity (Wildman–Crippen MR) is 102 cm³/mol. The van der Waals surface area contributed by atoms with Crippen molar-refractivity contribution in [2.24, 2.45) is 0 Å². The van der Waals surface area contributed by atoms with Crippen molar-refractivity contribution in [3.8, 4) is 11.1 Å². The summed E-state index contributed by atoms with van der Waals surface area (Å²) in [7, 11) is -3.81. The molecule has 0 saturated carbocycles. The number of hydrogen-bond acceptors (Lipinski definition) is 3. The number of hydrogen-bond donors (Lipinski definition) is 1. The molecule has 0 atom stereocenters. The van der Waals surface area contributed by atoms with Crippen LogP contribution >= 0.6 is 11.6 Å². The highest BCUT2D eigenvalue weighted by Crippen LogP contribution is 2.38. The molecule has 1 N–H and O–H groups in total. The first-order chi connectivity index (χ1) is 12.4. The molecule has 1 aliphatic rings. The minimum Gasteiger partial charge on any atom is -0.289 e. The third-order valence-electron chi connectivity index (χ3n) is 4.49. The summed E-state index contributed by atoms with van der Waals surface area (Å²) >= 11 is 6.03. The van der Waals surface area contributed by atoms with Crippen molar-refractivity contribution in [3.05, 3.63) is 82.4 Å². The average Bonchev–Trinajstić information content (AvgIpc) is 2.90. The van der Waals surface area contributed by atoms with Gasteiger partial charge < -0.3 is 0 Å². The summed E-state index contributed by atoms with van der Waals surface area (Å²) in [5.41, 5.74) is 3.62. The molecule has 0 radical (unpaired) electrons. The Morgan fingerprint density at radius 1 is 0.846 bits per heavy atom. The third kappa shape index (κ3) is 2.60. The summed E-state index contributed by atoms with van der Waals surface area (Å²) in [6, 6.07) is 17.1. The highest BCUT2D eigenvalue weighted by atomic mass is 35.5. The fourth-order valence-electron chi connectivity index (χ4n) is 3.18. The summed E-state index contributed by atoms with van der Waals surface area (Å²) in [5, 5.41) is 0.382. The summed E-state index contributed by atoms with van der Waals surface area (Å²) in [6.45, 7) is 1.65. The Labute approximate surface area is 156 Å². The first kappa shape index (κ1) is 16.8. The molecule has 0 aromatic heterocycles. The zero-order valence-electron chi connectivity index (χ0n) is 13.8. The van der Waals surface area contributed by atoms with Gasteiger partial charge in [0, 0.05) is 21.8 Å². The first-order valence-corrected chi connectivity index (χ1v) is 9.81. The summed E-state index contributed by atoms with van der Waals surface area (Å²) < 4.78 is 28.0. The van der Waals surface area contributed by atoms with Crippen LogP contribution in [0.4, 0.5) is 5.69 Å². The molecule has 3 aromatic carbocycles. The van der Waals surface area contributed by atoms with Gasteiger partial charge in [0.1, 0.15) is 0 Å². The lowest BCUT2D eigenvalue weighted by molar-refractivity contribution is 0.104. The smallest absolute Gasteiger partial charge is 0.262 e. The molecular formula is C20H14ClNO3S. The van der Waals surface area contributed by atoms with Gasteiger partial charge in [-0.3, -0.25) is 9.52 Å². The molecule has 0 aliphatic heterocycles. The summed E-state index contributed by atoms with van der Waals surface area (Å²) in [5.74, 6) is -0.101. The quantitative estimate of drug-likeness (QED) is 0.559. The molecule has 0 heterocycles. The van der Waals surface area contributed by atoms with Gasteiger partial charge in [0.25, 0.3) is 10.0 Å². The molecule has 0 fully saturated rings. The van der Waals surface area contributed by atoms with E-state index in [-0.39, 0.29) is 10.7 Å². The summed E-state index contributed by atoms with van der Waals surface area (Å²) in [6.07, 6.45) is 0. The second-order valence-corrected chi connectivity index (χ2v) is 8.16. The van der Waals surface area contributed by atoms with E-state index in [1.54, 1.807) is 43.3 Å². The van der Waals surface area contributed by atoms with Gasteiger partial charge in [0.05, 0.1) is 4.90 Å². The Morgan fingerprint density at radius 2 is 1.54 bits per heavy atom. The molecule has 130 valence electrons. The second-order valence-electron chi connectivity index (χ2n) is 6.10. The van der Waals surface area contributed by atoms with Crippen LogP contribution in [-0.2, 0) is 10.0 Å². The predicted octanol–water partition coefficient (Wildman–Crippen LogP) is 4.66. The van der Waals surface area contributed by atoms with E-state index < -0.39 is 10.0 Å². The molecule has 26 heavy (non-hydrogen) atoms. The number of anilines is 1. The SMILES string of the molecule is Cc1c(Cl)cccc1S(=O)(=O)Nc1ccc2c(c1)C(=O)c1ccccc1-2. The molecule has 0 amide bonds. The van der Waals surface area contributed by atoms with Crippen LogP contribution < -0.4 is 4.72 Å². The Bertz CT molecular complexity index is 1170. The largest absolute Gasteiger partial charge is 0.289 e. The van der Waals surface area contributed by atoms with Crippen molar-refractivity contribution < 1.29 is 13.2 Å². The van der Waals surface area contributed by atoms with Gasteiger partial charge in [-0.05, 0) is 47.9 Å². The molecular weight excluding hydrogens is 370 g/mol. The van der Waals surface area contributed by atoms with E-state index in [4.69, 9.17) is 11.6 Å². The van der Waals surface area contributed by atoms with E-state index in [2.05, 4.69) is 4.72 Å². The number of halogens is 1. The molecule has 0 saturated heterocycles. The normalized spacial score (nSPS) is 12.6. The number of fused-ring (bicyclic) bond motifs is 3. The van der Waals surface area contributed by atoms with Gasteiger partial charge in [-0.15, -0.1) is 0 Å². The fourth-order valence-corrected chi connectivity index (χ4v) is 4.73. The van der Waals surface area contributed by atoms with Crippen LogP contribution in [0.1, 0.15) is 21.5 Å². The number of sulfonamides is 1. The molecule has 0 unspecified atom stereocenters. The van der Waals surface area contributed by atoms with Crippen molar-refractivity contribution in [2.45, 2.75) is 11.8 Å². The van der Waals surface area contributed by atoms with E-state index in [9.17, 15) is 13.2 Å². The molecule has 3 aromatic rings. The minimum absolute atomic E-state index is 0.101. The highest BCUT2D eigenvalue weighted by Gasteiger charge is 2.27. The van der Waals surface area contributed by atoms with Crippen molar-refractivity contribution in [2.75, 3.05) is 4.72 Å². The first-order valence-electron chi connectivity index (χ1n) is 7.94. The van der Waals surface area contributed by atoms with Crippen LogP contribution in [0.25, 0.3) is 11.1 Å². The number of carbonyl (C=O) groups is 1. The standard InChI is InChI=1S/C20H14ClNO3S/c1-12-18(21)7-4-8-19(12)26(24,25)22-13-9-10-15-14-5-2-3-6-16(14)20(23)17(15)11-13/h2-11,22H,1H3. The highest BCUT2D eigenvalue weighted by molar-refractivity contribution is 7.92. The Morgan fingerprint density at radius 3 is 2.31 bits per heavy atom. The molecule has 1 aliphatic carbocycles. The Balaban J connectivity index is 1.73. The maximum absolute atomic E-state index is 12.7. The van der Waals surface area contributed by atoms with E-state index >= 15 is 0 Å². The zero-order chi connectivity index (χ0) is 18.5. The van der Waals surface area contributed by atoms with E-state index in [1.165, 1.54) is 6.07 Å². The topological polar surface area (TPSA) is 63.2 Å². The van der Waals surface area contributed by atoms with Crippen molar-refractivity contribution in [3.63, 3.8) is 0 Å². The number of benzene rings is 3. The van der Waals surface area contributed by atoms with Crippen molar-refractivity contribution in [1.29, 1.82) is 0 Å². The van der Waals surface area contributed by atoms with Crippen LogP contribution in [0.3, 0.4) is 0 Å². The second kappa shape index (κ2) is 5.97. The maximum atomic E-state index is 12.7. The molecule has 4 nitrogen and oxygen atoms in total. The van der Waals surface area contributed by atoms with Crippen molar-refractivity contribution in [1.82, 2.24) is 0 Å². The van der Waals surface area contributed by atoms with E-state index in [0.717, 1.165) is 11.1 Å². The van der Waals surface area contributed by atoms with Crippen LogP contribution in [0.2, 0.25) is 5.02 Å². The molecule has 0 bridgehead atoms. The molecule has 6 heteroatoms. The number of nitrogens with one attached hydrogen (secondary N) is 1. The van der Waals surface area contributed by atoms with Gasteiger partial charge in [-0.1, -0.05) is 48.0 Å². The Kier molecular flexibility index (Phi) is 3.86. The maximum Gasteiger partial charge on any atom is 0.262 e. The van der Waals surface area contributed by atoms with Gasteiger partial charge in [-0.25, -0.2) is 8.42 Å². The van der Waals surface area contributed by atoms with Crippen molar-refractivity contribution >= 4 is 33.1 Å². The zero-order valence-corrected chi connectivity index (χ0v) is 15.4. The lowest BCUT2D eigenvalue weighted by Gasteiger charge is -2.12. The van der Waals surface area contributed by atoms with Gasteiger partial charge in [-0.2, -0.15) is 0 Å². The van der Waals surface area contributed by atoms with Gasteiger partial charge >= 0.3 is 0 Å². The lowest BCUT2D eigenvalue weighted by atomic mass is 10.1. The molecule has 4 rings (SSSR count). The van der Waals surface area contributed by atoms with Gasteiger partial charge in [0.2, 0.25) is 0 Å². The fraction of sp³-hybridized carbons (Fsp3) is 0.0500. The van der Waals surface area contributed by atoms with Crippen LogP contribution in [-0.4, -0.2) is 14.2 Å². The van der Waals surface area contributed by atoms with Crippen LogP contribution in [0.15, 0.2) is 65.6 Å². The molecule has 0 spiro atoms. The Hall–Kier alpha value is -2.63. The van der Waals surface area contributed by atoms with Crippen LogP contribution in [0, 0.1) is 6.92 Å². The van der Waals surface area contributed by atoms with Crippen LogP contribution in [0.5, 0.6) is 0 Å². The average molecular weight is 384 g/mol. The number of ketones is 1.